The van der Waals surface area contributed by atoms with Crippen molar-refractivity contribution in [3.63, 3.8) is 0 Å². The summed E-state index contributed by atoms with van der Waals surface area (Å²) in [5.41, 5.74) is 0.965. The van der Waals surface area contributed by atoms with Crippen LogP contribution in [0.5, 0.6) is 0 Å². The van der Waals surface area contributed by atoms with Crippen molar-refractivity contribution in [3.05, 3.63) is 35.9 Å². The molecule has 0 aliphatic heterocycles. The van der Waals surface area contributed by atoms with Crippen molar-refractivity contribution in [2.45, 2.75) is 33.8 Å². The summed E-state index contributed by atoms with van der Waals surface area (Å²) in [5, 5.41) is 8.54. The quantitative estimate of drug-likeness (QED) is 0.829. The summed E-state index contributed by atoms with van der Waals surface area (Å²) < 4.78 is 0. The smallest absolute Gasteiger partial charge is 0.132 e. The van der Waals surface area contributed by atoms with E-state index in [-0.39, 0.29) is 12.5 Å². The van der Waals surface area contributed by atoms with Crippen LogP contribution < -0.4 is 0 Å². The monoisotopic (exact) mass is 208 g/mol. The van der Waals surface area contributed by atoms with Crippen molar-refractivity contribution in [3.8, 4) is 0 Å². The molecule has 0 saturated heterocycles. The Hall–Kier alpha value is -1.15. The van der Waals surface area contributed by atoms with Crippen LogP contribution in [0.1, 0.15) is 32.8 Å². The molecule has 2 nitrogen and oxygen atoms in total. The summed E-state index contributed by atoms with van der Waals surface area (Å²) in [7, 11) is 0. The third-order valence-corrected chi connectivity index (χ3v) is 2.33. The molecule has 2 heteroatoms. The minimum Gasteiger partial charge on any atom is -0.392 e. The first-order chi connectivity index (χ1) is 7.11. The van der Waals surface area contributed by atoms with Crippen molar-refractivity contribution in [1.82, 2.24) is 0 Å². The number of hydrogen-bond acceptors (Lipinski definition) is 2. The first-order valence-electron chi connectivity index (χ1n) is 5.27. The fraction of sp³-hybridized carbons (Fsp3) is 0.462. The topological polar surface area (TPSA) is 37.3 Å². The molecule has 0 fully saturated rings. The number of aliphatic hydroxyl groups excluding tert-OH is 1. The van der Waals surface area contributed by atoms with Gasteiger partial charge in [0, 0.05) is 5.92 Å². The van der Waals surface area contributed by atoms with Crippen LogP contribution in [-0.2, 0) is 11.4 Å². The third-order valence-electron chi connectivity index (χ3n) is 2.33. The van der Waals surface area contributed by atoms with Crippen molar-refractivity contribution < 1.29 is 9.90 Å². The molecule has 0 aromatic heterocycles. The number of hydrogen-bond donors (Lipinski definition) is 1. The zero-order valence-corrected chi connectivity index (χ0v) is 9.73. The normalized spacial score (nSPS) is 11.2. The van der Waals surface area contributed by atoms with Crippen LogP contribution in [0.25, 0.3) is 0 Å². The van der Waals surface area contributed by atoms with Gasteiger partial charge in [-0.3, -0.25) is 4.79 Å². The Bertz CT molecular complexity index is 267. The molecule has 1 aromatic carbocycles. The number of ketones is 1. The number of carbonyl (C=O) groups is 1. The van der Waals surface area contributed by atoms with Crippen LogP contribution in [0, 0.1) is 5.92 Å². The van der Waals surface area contributed by atoms with Gasteiger partial charge in [0.1, 0.15) is 5.78 Å². The molecular formula is C13H20O2. The molecule has 0 aliphatic rings. The van der Waals surface area contributed by atoms with Crippen LogP contribution in [0.4, 0.5) is 0 Å². The Labute approximate surface area is 91.9 Å². The van der Waals surface area contributed by atoms with Crippen LogP contribution in [0.15, 0.2) is 30.3 Å². The molecule has 0 amide bonds. The second kappa shape index (κ2) is 8.18. The highest BCUT2D eigenvalue weighted by Crippen LogP contribution is 1.99. The number of rotatable bonds is 3. The molecule has 1 aromatic rings. The highest BCUT2D eigenvalue weighted by Gasteiger charge is 2.01. The Balaban J connectivity index is 0.000000265. The van der Waals surface area contributed by atoms with Gasteiger partial charge < -0.3 is 5.11 Å². The second-order valence-electron chi connectivity index (χ2n) is 3.56. The Morgan fingerprint density at radius 2 is 1.87 bits per heavy atom. The van der Waals surface area contributed by atoms with E-state index in [2.05, 4.69) is 0 Å². The molecule has 0 bridgehead atoms. The van der Waals surface area contributed by atoms with Crippen molar-refractivity contribution in [2.75, 3.05) is 0 Å². The van der Waals surface area contributed by atoms with E-state index in [1.54, 1.807) is 6.92 Å². The van der Waals surface area contributed by atoms with E-state index in [0.717, 1.165) is 12.0 Å². The zero-order chi connectivity index (χ0) is 11.7. The third kappa shape index (κ3) is 6.86. The predicted molar refractivity (Wildman–Crippen MR) is 62.5 cm³/mol. The van der Waals surface area contributed by atoms with E-state index in [1.807, 2.05) is 44.2 Å². The number of Topliss-reactive ketones (excluding diaryl/α,β-unsaturated/α-hetero) is 1. The number of aliphatic hydroxyl groups is 1. The molecule has 0 spiro atoms. The summed E-state index contributed by atoms with van der Waals surface area (Å²) in [6, 6.07) is 9.52. The maximum Gasteiger partial charge on any atom is 0.132 e. The first-order valence-corrected chi connectivity index (χ1v) is 5.27. The van der Waals surface area contributed by atoms with Gasteiger partial charge in [0.05, 0.1) is 6.61 Å². The molecule has 1 unspecified atom stereocenters. The van der Waals surface area contributed by atoms with Gasteiger partial charge in [0.15, 0.2) is 0 Å². The minimum absolute atomic E-state index is 0.140. The minimum atomic E-state index is 0.140. The summed E-state index contributed by atoms with van der Waals surface area (Å²) in [5.74, 6) is 0.558. The molecule has 0 aliphatic carbocycles. The maximum absolute atomic E-state index is 10.4. The van der Waals surface area contributed by atoms with E-state index < -0.39 is 0 Å². The lowest BCUT2D eigenvalue weighted by molar-refractivity contribution is -0.120. The van der Waals surface area contributed by atoms with Gasteiger partial charge in [0.25, 0.3) is 0 Å². The summed E-state index contributed by atoms with van der Waals surface area (Å²) in [4.78, 5) is 10.4. The van der Waals surface area contributed by atoms with Gasteiger partial charge in [-0.05, 0) is 18.9 Å². The van der Waals surface area contributed by atoms with Crippen LogP contribution >= 0.6 is 0 Å². The van der Waals surface area contributed by atoms with Gasteiger partial charge in [-0.2, -0.15) is 0 Å². The van der Waals surface area contributed by atoms with Gasteiger partial charge >= 0.3 is 0 Å². The van der Waals surface area contributed by atoms with Crippen LogP contribution in [0.3, 0.4) is 0 Å². The number of benzene rings is 1. The molecule has 0 heterocycles. The fourth-order valence-electron chi connectivity index (χ4n) is 0.871. The van der Waals surface area contributed by atoms with E-state index in [1.165, 1.54) is 0 Å². The van der Waals surface area contributed by atoms with Crippen LogP contribution in [-0.4, -0.2) is 10.9 Å². The molecular weight excluding hydrogens is 188 g/mol. The Morgan fingerprint density at radius 1 is 1.33 bits per heavy atom. The van der Waals surface area contributed by atoms with Crippen LogP contribution in [0.2, 0.25) is 0 Å². The summed E-state index contributed by atoms with van der Waals surface area (Å²) in [6.45, 7) is 5.74. The maximum atomic E-state index is 10.4. The standard InChI is InChI=1S/C7H8O.C6H12O/c8-6-7-4-2-1-3-5-7;1-4-5(2)6(3)7/h1-5,8H,6H2;5H,4H2,1-3H3. The van der Waals surface area contributed by atoms with E-state index >= 15 is 0 Å². The van der Waals surface area contributed by atoms with Crippen molar-refractivity contribution >= 4 is 5.78 Å². The Morgan fingerprint density at radius 3 is 2.07 bits per heavy atom. The molecule has 84 valence electrons. The summed E-state index contributed by atoms with van der Waals surface area (Å²) >= 11 is 0. The van der Waals surface area contributed by atoms with Gasteiger partial charge in [-0.25, -0.2) is 0 Å². The first kappa shape index (κ1) is 13.8. The SMILES string of the molecule is CCC(C)C(C)=O.OCc1ccccc1. The molecule has 1 N–H and O–H groups in total. The van der Waals surface area contributed by atoms with E-state index in [9.17, 15) is 4.79 Å². The lowest BCUT2D eigenvalue weighted by Gasteiger charge is -1.98. The Kier molecular flexibility index (Phi) is 7.56. The van der Waals surface area contributed by atoms with Crippen molar-refractivity contribution in [1.29, 1.82) is 0 Å². The fourth-order valence-corrected chi connectivity index (χ4v) is 0.871. The van der Waals surface area contributed by atoms with E-state index in [0.29, 0.717) is 5.78 Å². The molecule has 0 saturated carbocycles. The largest absolute Gasteiger partial charge is 0.392 e. The van der Waals surface area contributed by atoms with Gasteiger partial charge in [-0.1, -0.05) is 44.2 Å². The zero-order valence-electron chi connectivity index (χ0n) is 9.73. The molecule has 15 heavy (non-hydrogen) atoms. The molecule has 1 rings (SSSR count). The predicted octanol–water partition coefficient (Wildman–Crippen LogP) is 2.80. The van der Waals surface area contributed by atoms with Gasteiger partial charge in [0.2, 0.25) is 0 Å². The highest BCUT2D eigenvalue weighted by atomic mass is 16.3. The lowest BCUT2D eigenvalue weighted by Crippen LogP contribution is -2.03. The highest BCUT2D eigenvalue weighted by molar-refractivity contribution is 5.77. The average Bonchev–Trinajstić information content (AvgIpc) is 2.29. The lowest BCUT2D eigenvalue weighted by atomic mass is 10.1. The number of carbonyl (C=O) groups excluding carboxylic acids is 1. The van der Waals surface area contributed by atoms with E-state index in [4.69, 9.17) is 5.11 Å². The summed E-state index contributed by atoms with van der Waals surface area (Å²) in [6.07, 6.45) is 0.968. The molecule has 1 atom stereocenters. The average molecular weight is 208 g/mol. The second-order valence-corrected chi connectivity index (χ2v) is 3.56. The molecule has 0 radical (unpaired) electrons. The van der Waals surface area contributed by atoms with Crippen molar-refractivity contribution in [2.24, 2.45) is 5.92 Å². The van der Waals surface area contributed by atoms with Gasteiger partial charge in [-0.15, -0.1) is 0 Å².